The van der Waals surface area contributed by atoms with Gasteiger partial charge in [-0.1, -0.05) is 18.2 Å². The molecule has 1 N–H and O–H groups in total. The van der Waals surface area contributed by atoms with Gasteiger partial charge in [-0.2, -0.15) is 5.10 Å². The fourth-order valence-corrected chi connectivity index (χ4v) is 2.80. The molecule has 0 unspecified atom stereocenters. The second-order valence-corrected chi connectivity index (χ2v) is 5.59. The summed E-state index contributed by atoms with van der Waals surface area (Å²) in [6, 6.07) is 11.7. The van der Waals surface area contributed by atoms with Crippen LogP contribution in [0.4, 0.5) is 0 Å². The summed E-state index contributed by atoms with van der Waals surface area (Å²) in [5.41, 5.74) is 2.74. The first kappa shape index (κ1) is 14.1. The first-order chi connectivity index (χ1) is 11.3. The van der Waals surface area contributed by atoms with Gasteiger partial charge >= 0.3 is 0 Å². The number of aromatic nitrogens is 4. The Hall–Kier alpha value is -2.51. The predicted octanol–water partition coefficient (Wildman–Crippen LogP) is 1.44. The Labute approximate surface area is 133 Å². The van der Waals surface area contributed by atoms with E-state index in [0.29, 0.717) is 24.0 Å². The molecule has 7 heteroatoms. The molecule has 3 aromatic rings. The summed E-state index contributed by atoms with van der Waals surface area (Å²) in [6.45, 7) is 3.01. The Bertz CT molecular complexity index is 796. The van der Waals surface area contributed by atoms with Crippen molar-refractivity contribution in [3.63, 3.8) is 0 Å². The van der Waals surface area contributed by atoms with Crippen LogP contribution >= 0.6 is 0 Å². The first-order valence-corrected chi connectivity index (χ1v) is 7.58. The fourth-order valence-electron chi connectivity index (χ4n) is 2.80. The van der Waals surface area contributed by atoms with Gasteiger partial charge in [-0.15, -0.1) is 10.2 Å². The number of hydrogen-bond acceptors (Lipinski definition) is 6. The molecule has 0 amide bonds. The van der Waals surface area contributed by atoms with Gasteiger partial charge in [0.05, 0.1) is 31.1 Å². The van der Waals surface area contributed by atoms with Crippen molar-refractivity contribution in [2.75, 3.05) is 6.54 Å². The zero-order valence-corrected chi connectivity index (χ0v) is 12.6. The second-order valence-electron chi connectivity index (χ2n) is 5.59. The van der Waals surface area contributed by atoms with Crippen LogP contribution in [0.2, 0.25) is 0 Å². The average Bonchev–Trinajstić information content (AvgIpc) is 3.22. The standard InChI is InChI=1S/C16H17N5O2/c22-11-13-8-14-9-20(6-7-21(14)19-13)10-15-17-18-16(23-15)12-4-2-1-3-5-12/h1-5,8,22H,6-7,9-11H2. The van der Waals surface area contributed by atoms with E-state index in [1.807, 2.05) is 41.1 Å². The molecule has 1 aliphatic rings. The second kappa shape index (κ2) is 5.94. The Kier molecular flexibility index (Phi) is 3.64. The minimum atomic E-state index is -0.0237. The SMILES string of the molecule is OCc1cc2n(n1)CCN(Cc1nnc(-c3ccccc3)o1)C2. The van der Waals surface area contributed by atoms with Crippen LogP contribution in [-0.2, 0) is 26.2 Å². The van der Waals surface area contributed by atoms with Crippen LogP contribution in [0, 0.1) is 0 Å². The Morgan fingerprint density at radius 2 is 2.00 bits per heavy atom. The van der Waals surface area contributed by atoms with Gasteiger partial charge in [-0.25, -0.2) is 0 Å². The van der Waals surface area contributed by atoms with E-state index in [4.69, 9.17) is 4.42 Å². The van der Waals surface area contributed by atoms with E-state index in [-0.39, 0.29) is 6.61 Å². The summed E-state index contributed by atoms with van der Waals surface area (Å²) < 4.78 is 7.71. The van der Waals surface area contributed by atoms with E-state index in [0.717, 1.165) is 30.9 Å². The smallest absolute Gasteiger partial charge is 0.247 e. The molecule has 0 saturated carbocycles. The lowest BCUT2D eigenvalue weighted by atomic mass is 10.2. The minimum Gasteiger partial charge on any atom is -0.419 e. The van der Waals surface area contributed by atoms with Crippen LogP contribution in [0.25, 0.3) is 11.5 Å². The highest BCUT2D eigenvalue weighted by molar-refractivity contribution is 5.51. The van der Waals surface area contributed by atoms with Crippen molar-refractivity contribution in [2.45, 2.75) is 26.2 Å². The number of aliphatic hydroxyl groups excluding tert-OH is 1. The number of hydrogen-bond donors (Lipinski definition) is 1. The molecule has 0 aliphatic carbocycles. The Morgan fingerprint density at radius 3 is 2.83 bits per heavy atom. The molecule has 0 saturated heterocycles. The Morgan fingerprint density at radius 1 is 1.13 bits per heavy atom. The summed E-state index contributed by atoms with van der Waals surface area (Å²) in [4.78, 5) is 2.24. The molecule has 1 aromatic carbocycles. The normalized spacial score (nSPS) is 14.8. The number of rotatable bonds is 4. The third-order valence-electron chi connectivity index (χ3n) is 3.94. The maximum atomic E-state index is 9.18. The van der Waals surface area contributed by atoms with Gasteiger partial charge in [0.1, 0.15) is 0 Å². The molecule has 0 radical (unpaired) electrons. The molecule has 2 aromatic heterocycles. The molecule has 4 rings (SSSR count). The summed E-state index contributed by atoms with van der Waals surface area (Å²) >= 11 is 0. The third kappa shape index (κ3) is 2.88. The molecule has 1 aliphatic heterocycles. The Balaban J connectivity index is 1.46. The zero-order valence-electron chi connectivity index (χ0n) is 12.6. The van der Waals surface area contributed by atoms with Crippen LogP contribution in [0.3, 0.4) is 0 Å². The lowest BCUT2D eigenvalue weighted by molar-refractivity contribution is 0.187. The van der Waals surface area contributed by atoms with Crippen molar-refractivity contribution in [1.29, 1.82) is 0 Å². The van der Waals surface area contributed by atoms with E-state index in [1.54, 1.807) is 0 Å². The fraction of sp³-hybridized carbons (Fsp3) is 0.312. The van der Waals surface area contributed by atoms with Crippen LogP contribution < -0.4 is 0 Å². The van der Waals surface area contributed by atoms with Crippen LogP contribution in [0.15, 0.2) is 40.8 Å². The monoisotopic (exact) mass is 311 g/mol. The van der Waals surface area contributed by atoms with Gasteiger partial charge in [0.2, 0.25) is 11.8 Å². The maximum absolute atomic E-state index is 9.18. The predicted molar refractivity (Wildman–Crippen MR) is 82.0 cm³/mol. The van der Waals surface area contributed by atoms with Gasteiger partial charge in [0.15, 0.2) is 0 Å². The van der Waals surface area contributed by atoms with E-state index in [1.165, 1.54) is 0 Å². The average molecular weight is 311 g/mol. The minimum absolute atomic E-state index is 0.0237. The van der Waals surface area contributed by atoms with Crippen LogP contribution in [0.1, 0.15) is 17.3 Å². The summed E-state index contributed by atoms with van der Waals surface area (Å²) in [6.07, 6.45) is 0. The number of fused-ring (bicyclic) bond motifs is 1. The highest BCUT2D eigenvalue weighted by atomic mass is 16.4. The van der Waals surface area contributed by atoms with E-state index in [9.17, 15) is 5.11 Å². The summed E-state index contributed by atoms with van der Waals surface area (Å²) in [5.74, 6) is 1.16. The highest BCUT2D eigenvalue weighted by Crippen LogP contribution is 2.20. The topological polar surface area (TPSA) is 80.2 Å². The van der Waals surface area contributed by atoms with Crippen molar-refractivity contribution in [3.05, 3.63) is 53.7 Å². The van der Waals surface area contributed by atoms with Crippen molar-refractivity contribution in [1.82, 2.24) is 24.9 Å². The van der Waals surface area contributed by atoms with Crippen LogP contribution in [0.5, 0.6) is 0 Å². The van der Waals surface area contributed by atoms with Gasteiger partial charge in [-0.05, 0) is 18.2 Å². The number of benzene rings is 1. The van der Waals surface area contributed by atoms with Gasteiger partial charge in [-0.3, -0.25) is 9.58 Å². The first-order valence-electron chi connectivity index (χ1n) is 7.58. The van der Waals surface area contributed by atoms with E-state index >= 15 is 0 Å². The number of aliphatic hydroxyl groups is 1. The highest BCUT2D eigenvalue weighted by Gasteiger charge is 2.20. The zero-order chi connectivity index (χ0) is 15.6. The van der Waals surface area contributed by atoms with Crippen molar-refractivity contribution >= 4 is 0 Å². The molecule has 7 nitrogen and oxygen atoms in total. The van der Waals surface area contributed by atoms with Gasteiger partial charge in [0, 0.05) is 18.7 Å². The summed E-state index contributed by atoms with van der Waals surface area (Å²) in [7, 11) is 0. The summed E-state index contributed by atoms with van der Waals surface area (Å²) in [5, 5.41) is 21.8. The lowest BCUT2D eigenvalue weighted by Crippen LogP contribution is -2.33. The molecule has 23 heavy (non-hydrogen) atoms. The van der Waals surface area contributed by atoms with Gasteiger partial charge < -0.3 is 9.52 Å². The van der Waals surface area contributed by atoms with Crippen molar-refractivity contribution < 1.29 is 9.52 Å². The van der Waals surface area contributed by atoms with Crippen molar-refractivity contribution in [3.8, 4) is 11.5 Å². The molecule has 3 heterocycles. The van der Waals surface area contributed by atoms with Crippen LogP contribution in [-0.4, -0.2) is 36.5 Å². The van der Waals surface area contributed by atoms with Gasteiger partial charge in [0.25, 0.3) is 0 Å². The molecular weight excluding hydrogens is 294 g/mol. The molecule has 118 valence electrons. The molecule has 0 spiro atoms. The molecule has 0 atom stereocenters. The van der Waals surface area contributed by atoms with E-state index in [2.05, 4.69) is 20.2 Å². The quantitative estimate of drug-likeness (QED) is 0.785. The largest absolute Gasteiger partial charge is 0.419 e. The number of nitrogens with zero attached hydrogens (tertiary/aromatic N) is 5. The van der Waals surface area contributed by atoms with Crippen molar-refractivity contribution in [2.24, 2.45) is 0 Å². The maximum Gasteiger partial charge on any atom is 0.247 e. The molecule has 0 fully saturated rings. The molecule has 0 bridgehead atoms. The van der Waals surface area contributed by atoms with E-state index < -0.39 is 0 Å². The lowest BCUT2D eigenvalue weighted by Gasteiger charge is -2.25. The third-order valence-corrected chi connectivity index (χ3v) is 3.94. The molecular formula is C16H17N5O2.